The lowest BCUT2D eigenvalue weighted by Crippen LogP contribution is -2.32. The standard InChI is InChI=1S/C13H15N3O4S/c1-9-2-4-11(5-3-9)21(19,20)16-7-10(15-8-16)6-12(14)13(17)18/h2-5,7-8,12H,6,14H2,1H3,(H,17,18)/t12-/m0/s1. The Bertz CT molecular complexity index is 750. The van der Waals surface area contributed by atoms with Gasteiger partial charge in [0.05, 0.1) is 10.6 Å². The fraction of sp³-hybridized carbons (Fsp3) is 0.231. The van der Waals surface area contributed by atoms with Crippen LogP contribution in [0.15, 0.2) is 41.7 Å². The van der Waals surface area contributed by atoms with Crippen LogP contribution in [0, 0.1) is 6.92 Å². The molecule has 0 saturated carbocycles. The monoisotopic (exact) mass is 309 g/mol. The maximum Gasteiger partial charge on any atom is 0.320 e. The molecule has 1 aromatic heterocycles. The summed E-state index contributed by atoms with van der Waals surface area (Å²) >= 11 is 0. The summed E-state index contributed by atoms with van der Waals surface area (Å²) in [6, 6.07) is 5.30. The van der Waals surface area contributed by atoms with Crippen molar-refractivity contribution < 1.29 is 18.3 Å². The van der Waals surface area contributed by atoms with E-state index in [1.807, 2.05) is 6.92 Å². The van der Waals surface area contributed by atoms with Crippen LogP contribution in [0.25, 0.3) is 0 Å². The highest BCUT2D eigenvalue weighted by atomic mass is 32.2. The van der Waals surface area contributed by atoms with Gasteiger partial charge < -0.3 is 10.8 Å². The molecule has 0 amide bonds. The summed E-state index contributed by atoms with van der Waals surface area (Å²) < 4.78 is 25.7. The number of carbonyl (C=O) groups is 1. The van der Waals surface area contributed by atoms with Gasteiger partial charge in [-0.2, -0.15) is 0 Å². The summed E-state index contributed by atoms with van der Waals surface area (Å²) in [6.45, 7) is 1.86. The zero-order valence-electron chi connectivity index (χ0n) is 11.3. The molecule has 3 N–H and O–H groups in total. The molecule has 0 radical (unpaired) electrons. The summed E-state index contributed by atoms with van der Waals surface area (Å²) in [6.07, 6.45) is 2.38. The molecule has 0 aliphatic carbocycles. The Kier molecular flexibility index (Phi) is 4.10. The molecule has 7 nitrogen and oxygen atoms in total. The van der Waals surface area contributed by atoms with Crippen LogP contribution in [-0.2, 0) is 21.2 Å². The highest BCUT2D eigenvalue weighted by Crippen LogP contribution is 2.15. The normalized spacial score (nSPS) is 13.0. The number of benzene rings is 1. The second-order valence-corrected chi connectivity index (χ2v) is 6.51. The van der Waals surface area contributed by atoms with Crippen molar-refractivity contribution in [2.24, 2.45) is 5.73 Å². The van der Waals surface area contributed by atoms with Crippen molar-refractivity contribution in [3.63, 3.8) is 0 Å². The van der Waals surface area contributed by atoms with Gasteiger partial charge in [-0.1, -0.05) is 17.7 Å². The van der Waals surface area contributed by atoms with E-state index in [0.717, 1.165) is 15.9 Å². The maximum atomic E-state index is 12.4. The molecule has 1 heterocycles. The number of rotatable bonds is 5. The van der Waals surface area contributed by atoms with Gasteiger partial charge in [0.25, 0.3) is 10.0 Å². The molecule has 0 fully saturated rings. The van der Waals surface area contributed by atoms with E-state index in [0.29, 0.717) is 5.69 Å². The van der Waals surface area contributed by atoms with Gasteiger partial charge >= 0.3 is 5.97 Å². The molecule has 0 aliphatic heterocycles. The highest BCUT2D eigenvalue weighted by molar-refractivity contribution is 7.90. The first-order chi connectivity index (χ1) is 9.80. The van der Waals surface area contributed by atoms with Crippen LogP contribution >= 0.6 is 0 Å². The molecule has 0 bridgehead atoms. The summed E-state index contributed by atoms with van der Waals surface area (Å²) in [4.78, 5) is 14.7. The lowest BCUT2D eigenvalue weighted by Gasteiger charge is -2.05. The predicted octanol–water partition coefficient (Wildman–Crippen LogP) is 0.383. The topological polar surface area (TPSA) is 115 Å². The molecule has 8 heteroatoms. The van der Waals surface area contributed by atoms with Gasteiger partial charge in [-0.3, -0.25) is 4.79 Å². The van der Waals surface area contributed by atoms with Crippen LogP contribution in [-0.4, -0.2) is 34.5 Å². The van der Waals surface area contributed by atoms with Crippen molar-refractivity contribution in [2.75, 3.05) is 0 Å². The number of imidazole rings is 1. The van der Waals surface area contributed by atoms with Crippen LogP contribution in [0.5, 0.6) is 0 Å². The number of carboxylic acid groups (broad SMARTS) is 1. The Labute approximate surface area is 122 Å². The van der Waals surface area contributed by atoms with Crippen molar-refractivity contribution in [3.05, 3.63) is 48.0 Å². The van der Waals surface area contributed by atoms with Gasteiger partial charge in [0.15, 0.2) is 0 Å². The van der Waals surface area contributed by atoms with Gasteiger partial charge in [0, 0.05) is 12.6 Å². The van der Waals surface area contributed by atoms with Gasteiger partial charge in [0.2, 0.25) is 0 Å². The zero-order valence-corrected chi connectivity index (χ0v) is 12.1. The Balaban J connectivity index is 2.28. The van der Waals surface area contributed by atoms with E-state index in [1.54, 1.807) is 12.1 Å². The van der Waals surface area contributed by atoms with Gasteiger partial charge in [-0.15, -0.1) is 0 Å². The molecule has 2 aromatic rings. The van der Waals surface area contributed by atoms with E-state index in [1.165, 1.54) is 18.3 Å². The molecule has 1 atom stereocenters. The first-order valence-corrected chi connectivity index (χ1v) is 7.58. The van der Waals surface area contributed by atoms with Crippen LogP contribution < -0.4 is 5.73 Å². The molecule has 0 spiro atoms. The SMILES string of the molecule is Cc1ccc(S(=O)(=O)n2cnc(C[C@H](N)C(=O)O)c2)cc1. The molecule has 21 heavy (non-hydrogen) atoms. The molecule has 112 valence electrons. The van der Waals surface area contributed by atoms with Crippen molar-refractivity contribution in [1.82, 2.24) is 8.96 Å². The Morgan fingerprint density at radius 1 is 1.38 bits per heavy atom. The number of hydrogen-bond acceptors (Lipinski definition) is 5. The number of aromatic nitrogens is 2. The molecule has 0 saturated heterocycles. The molecular weight excluding hydrogens is 294 g/mol. The molecular formula is C13H15N3O4S. The number of aliphatic carboxylic acids is 1. The van der Waals surface area contributed by atoms with Crippen molar-refractivity contribution in [1.29, 1.82) is 0 Å². The van der Waals surface area contributed by atoms with Crippen LogP contribution in [0.4, 0.5) is 0 Å². The largest absolute Gasteiger partial charge is 0.480 e. The fourth-order valence-corrected chi connectivity index (χ4v) is 2.88. The van der Waals surface area contributed by atoms with E-state index in [-0.39, 0.29) is 11.3 Å². The minimum absolute atomic E-state index is 0.0360. The van der Waals surface area contributed by atoms with E-state index < -0.39 is 22.0 Å². The third kappa shape index (κ3) is 3.29. The third-order valence-electron chi connectivity index (χ3n) is 2.96. The lowest BCUT2D eigenvalue weighted by molar-refractivity contribution is -0.138. The molecule has 0 aliphatic rings. The second kappa shape index (κ2) is 5.66. The van der Waals surface area contributed by atoms with Crippen molar-refractivity contribution in [2.45, 2.75) is 24.3 Å². The number of nitrogens with two attached hydrogens (primary N) is 1. The first kappa shape index (κ1) is 15.2. The number of hydrogen-bond donors (Lipinski definition) is 2. The van der Waals surface area contributed by atoms with E-state index in [4.69, 9.17) is 10.8 Å². The smallest absolute Gasteiger partial charge is 0.320 e. The number of carboxylic acids is 1. The first-order valence-electron chi connectivity index (χ1n) is 6.14. The summed E-state index contributed by atoms with van der Waals surface area (Å²) in [5.74, 6) is -1.16. The average molecular weight is 309 g/mol. The fourth-order valence-electron chi connectivity index (χ4n) is 1.73. The number of nitrogens with zero attached hydrogens (tertiary/aromatic N) is 2. The van der Waals surface area contributed by atoms with Crippen molar-refractivity contribution >= 4 is 16.0 Å². The molecule has 1 aromatic carbocycles. The minimum atomic E-state index is -3.73. The van der Waals surface area contributed by atoms with E-state index in [9.17, 15) is 13.2 Å². The quantitative estimate of drug-likeness (QED) is 0.825. The molecule has 0 unspecified atom stereocenters. The summed E-state index contributed by atoms with van der Waals surface area (Å²) in [7, 11) is -3.73. The highest BCUT2D eigenvalue weighted by Gasteiger charge is 2.19. The van der Waals surface area contributed by atoms with Crippen LogP contribution in [0.1, 0.15) is 11.3 Å². The number of aryl methyl sites for hydroxylation is 1. The van der Waals surface area contributed by atoms with Crippen LogP contribution in [0.2, 0.25) is 0 Å². The van der Waals surface area contributed by atoms with E-state index in [2.05, 4.69) is 4.98 Å². The predicted molar refractivity (Wildman–Crippen MR) is 75.3 cm³/mol. The minimum Gasteiger partial charge on any atom is -0.480 e. The Hall–Kier alpha value is -2.19. The zero-order chi connectivity index (χ0) is 15.6. The summed E-state index contributed by atoms with van der Waals surface area (Å²) in [5, 5.41) is 8.74. The third-order valence-corrected chi connectivity index (χ3v) is 4.58. The average Bonchev–Trinajstić information content (AvgIpc) is 2.88. The van der Waals surface area contributed by atoms with Crippen LogP contribution in [0.3, 0.4) is 0 Å². The Morgan fingerprint density at radius 2 is 2.00 bits per heavy atom. The summed E-state index contributed by atoms with van der Waals surface area (Å²) in [5.41, 5.74) is 6.65. The second-order valence-electron chi connectivity index (χ2n) is 4.66. The van der Waals surface area contributed by atoms with E-state index >= 15 is 0 Å². The van der Waals surface area contributed by atoms with Gasteiger partial charge in [0.1, 0.15) is 12.4 Å². The maximum absolute atomic E-state index is 12.4. The van der Waals surface area contributed by atoms with Crippen molar-refractivity contribution in [3.8, 4) is 0 Å². The molecule has 2 rings (SSSR count). The van der Waals surface area contributed by atoms with Gasteiger partial charge in [-0.05, 0) is 19.1 Å². The lowest BCUT2D eigenvalue weighted by atomic mass is 10.2. The Morgan fingerprint density at radius 3 is 2.57 bits per heavy atom. The van der Waals surface area contributed by atoms with Gasteiger partial charge in [-0.25, -0.2) is 17.4 Å².